The van der Waals surface area contributed by atoms with Crippen LogP contribution in [0.5, 0.6) is 0 Å². The number of nitrogens with zero attached hydrogens (tertiary/aromatic N) is 3. The fourth-order valence-corrected chi connectivity index (χ4v) is 3.47. The number of hydrogen-bond acceptors (Lipinski definition) is 5. The Morgan fingerprint density at radius 2 is 1.70 bits per heavy atom. The average molecular weight is 365 g/mol. The number of rotatable bonds is 2. The lowest BCUT2D eigenvalue weighted by molar-refractivity contribution is -0.106. The number of hydrogen-bond donors (Lipinski definition) is 2. The lowest BCUT2D eigenvalue weighted by Crippen LogP contribution is -2.44. The molecule has 6 nitrogen and oxygen atoms in total. The summed E-state index contributed by atoms with van der Waals surface area (Å²) in [5.74, 6) is 0. The van der Waals surface area contributed by atoms with E-state index in [0.717, 1.165) is 44.9 Å². The van der Waals surface area contributed by atoms with Crippen molar-refractivity contribution in [1.82, 2.24) is 10.3 Å². The summed E-state index contributed by atoms with van der Waals surface area (Å²) in [6.07, 6.45) is 1.27. The van der Waals surface area contributed by atoms with Crippen molar-refractivity contribution in [2.45, 2.75) is 6.42 Å². The van der Waals surface area contributed by atoms with Gasteiger partial charge in [-0.15, -0.1) is 0 Å². The largest absolute Gasteiger partial charge is 0.372 e. The molecule has 4 rings (SSSR count). The van der Waals surface area contributed by atoms with E-state index in [1.54, 1.807) is 0 Å². The molecule has 0 saturated carbocycles. The summed E-state index contributed by atoms with van der Waals surface area (Å²) >= 11 is 0. The number of hydrazone groups is 1. The number of fused-ring (bicyclic) bond motifs is 1. The van der Waals surface area contributed by atoms with Gasteiger partial charge >= 0.3 is 0 Å². The second kappa shape index (κ2) is 9.19. The normalized spacial score (nSPS) is 16.8. The van der Waals surface area contributed by atoms with E-state index < -0.39 is 0 Å². The first-order valence-corrected chi connectivity index (χ1v) is 9.31. The van der Waals surface area contributed by atoms with E-state index in [1.165, 1.54) is 22.4 Å². The van der Waals surface area contributed by atoms with E-state index in [2.05, 4.69) is 81.6 Å². The van der Waals surface area contributed by atoms with Gasteiger partial charge < -0.3 is 21.0 Å². The zero-order chi connectivity index (χ0) is 19.1. The summed E-state index contributed by atoms with van der Waals surface area (Å²) < 4.78 is 0. The number of carbonyl (C=O) groups excluding carboxylic acids is 1. The van der Waals surface area contributed by atoms with Gasteiger partial charge in [0.2, 0.25) is 6.41 Å². The molecule has 1 amide bonds. The number of nitrogens with one attached hydrogen (secondary N) is 1. The number of piperazine rings is 1. The molecule has 0 atom stereocenters. The molecule has 1 fully saturated rings. The fraction of sp³-hybridized carbons (Fsp3) is 0.333. The molecule has 2 aromatic carbocycles. The molecule has 3 N–H and O–H groups in total. The highest BCUT2D eigenvalue weighted by Crippen LogP contribution is 2.21. The van der Waals surface area contributed by atoms with Crippen LogP contribution in [-0.4, -0.2) is 56.8 Å². The Hall–Kier alpha value is -2.86. The van der Waals surface area contributed by atoms with Gasteiger partial charge in [-0.25, -0.2) is 0 Å². The van der Waals surface area contributed by atoms with Gasteiger partial charge in [-0.2, -0.15) is 5.10 Å². The van der Waals surface area contributed by atoms with Crippen LogP contribution in [0, 0.1) is 0 Å². The number of nitrogens with two attached hydrogens (primary N) is 1. The number of carbonyl (C=O) groups is 1. The van der Waals surface area contributed by atoms with Crippen LogP contribution in [0.1, 0.15) is 16.7 Å². The summed E-state index contributed by atoms with van der Waals surface area (Å²) in [7, 11) is 2.19. The molecule has 142 valence electrons. The Kier molecular flexibility index (Phi) is 6.44. The molecule has 2 aliphatic rings. The molecule has 0 radical (unpaired) electrons. The van der Waals surface area contributed by atoms with Crippen LogP contribution in [0.3, 0.4) is 0 Å². The summed E-state index contributed by atoms with van der Waals surface area (Å²) in [4.78, 5) is 13.4. The maximum absolute atomic E-state index is 8.58. The van der Waals surface area contributed by atoms with Crippen LogP contribution < -0.4 is 16.1 Å². The highest BCUT2D eigenvalue weighted by atomic mass is 16.1. The minimum atomic E-state index is 0.250. The second-order valence-electron chi connectivity index (χ2n) is 6.75. The zero-order valence-electron chi connectivity index (χ0n) is 15.8. The third-order valence-electron chi connectivity index (χ3n) is 4.98. The van der Waals surface area contributed by atoms with Gasteiger partial charge in [-0.3, -0.25) is 4.79 Å². The average Bonchev–Trinajstić information content (AvgIpc) is 2.92. The van der Waals surface area contributed by atoms with Crippen LogP contribution >= 0.6 is 0 Å². The van der Waals surface area contributed by atoms with E-state index in [9.17, 15) is 0 Å². The van der Waals surface area contributed by atoms with E-state index in [1.807, 2.05) is 0 Å². The Morgan fingerprint density at radius 1 is 1.04 bits per heavy atom. The molecule has 0 bridgehead atoms. The topological polar surface area (TPSA) is 74.0 Å². The molecule has 6 heteroatoms. The van der Waals surface area contributed by atoms with Crippen LogP contribution in [-0.2, 0) is 11.2 Å². The summed E-state index contributed by atoms with van der Waals surface area (Å²) in [6, 6.07) is 17.5. The number of anilines is 1. The monoisotopic (exact) mass is 365 g/mol. The Bertz CT molecular complexity index is 779. The van der Waals surface area contributed by atoms with E-state index in [4.69, 9.17) is 4.79 Å². The van der Waals surface area contributed by atoms with Crippen LogP contribution in [0.4, 0.5) is 5.69 Å². The Balaban J connectivity index is 0.000000659. The van der Waals surface area contributed by atoms with Crippen molar-refractivity contribution in [2.75, 3.05) is 44.7 Å². The molecule has 0 spiro atoms. The molecule has 0 aliphatic carbocycles. The third-order valence-corrected chi connectivity index (χ3v) is 4.98. The highest BCUT2D eigenvalue weighted by molar-refractivity contribution is 6.13. The van der Waals surface area contributed by atoms with Gasteiger partial charge in [-0.05, 0) is 31.2 Å². The maximum atomic E-state index is 8.58. The van der Waals surface area contributed by atoms with Gasteiger partial charge in [0, 0.05) is 49.5 Å². The molecule has 0 unspecified atom stereocenters. The lowest BCUT2D eigenvalue weighted by Gasteiger charge is -2.34. The summed E-state index contributed by atoms with van der Waals surface area (Å²) in [6.45, 7) is 5.35. The number of amides is 1. The SMILES string of the molecule is CN1CCN(c2ccc(C3=NNCCc4ccccc43)cc2)CC1.NC=O. The van der Waals surface area contributed by atoms with Crippen LogP contribution in [0.2, 0.25) is 0 Å². The number of primary amides is 1. The Morgan fingerprint density at radius 3 is 2.41 bits per heavy atom. The van der Waals surface area contributed by atoms with Crippen molar-refractivity contribution in [3.05, 3.63) is 65.2 Å². The highest BCUT2D eigenvalue weighted by Gasteiger charge is 2.17. The van der Waals surface area contributed by atoms with Gasteiger partial charge in [0.25, 0.3) is 0 Å². The minimum absolute atomic E-state index is 0.250. The van der Waals surface area contributed by atoms with Crippen molar-refractivity contribution >= 4 is 17.8 Å². The van der Waals surface area contributed by atoms with Gasteiger partial charge in [0.05, 0.1) is 5.71 Å². The van der Waals surface area contributed by atoms with E-state index >= 15 is 0 Å². The molecular formula is C21H27N5O. The first kappa shape index (κ1) is 18.9. The molecule has 2 aliphatic heterocycles. The van der Waals surface area contributed by atoms with Gasteiger partial charge in [0.15, 0.2) is 0 Å². The van der Waals surface area contributed by atoms with Crippen molar-refractivity contribution in [3.63, 3.8) is 0 Å². The van der Waals surface area contributed by atoms with Crippen molar-refractivity contribution in [1.29, 1.82) is 0 Å². The molecule has 2 heterocycles. The molecule has 0 aromatic heterocycles. The molecule has 2 aromatic rings. The first-order chi connectivity index (χ1) is 13.2. The fourth-order valence-electron chi connectivity index (χ4n) is 3.47. The predicted octanol–water partition coefficient (Wildman–Crippen LogP) is 1.44. The maximum Gasteiger partial charge on any atom is 0.204 e. The zero-order valence-corrected chi connectivity index (χ0v) is 15.8. The van der Waals surface area contributed by atoms with Gasteiger partial charge in [0.1, 0.15) is 0 Å². The van der Waals surface area contributed by atoms with Crippen molar-refractivity contribution in [3.8, 4) is 0 Å². The van der Waals surface area contributed by atoms with Crippen LogP contribution in [0.15, 0.2) is 53.6 Å². The standard InChI is InChI=1S/C20H24N4.CH3NO/c1-23-12-14-24(15-13-23)18-8-6-17(7-9-18)20-19-5-3-2-4-16(19)10-11-21-22-20;2-1-3/h2-9,21H,10-15H2,1H3;1H,(H2,2,3). The third kappa shape index (κ3) is 4.65. The van der Waals surface area contributed by atoms with E-state index in [-0.39, 0.29) is 6.41 Å². The quantitative estimate of drug-likeness (QED) is 0.790. The van der Waals surface area contributed by atoms with Crippen LogP contribution in [0.25, 0.3) is 0 Å². The molecule has 27 heavy (non-hydrogen) atoms. The minimum Gasteiger partial charge on any atom is -0.372 e. The van der Waals surface area contributed by atoms with Crippen molar-refractivity contribution < 1.29 is 4.79 Å². The Labute approximate surface area is 160 Å². The second-order valence-corrected chi connectivity index (χ2v) is 6.75. The summed E-state index contributed by atoms with van der Waals surface area (Å²) in [5.41, 5.74) is 13.5. The number of likely N-dealkylation sites (N-methyl/N-ethyl adjacent to an activating group) is 1. The summed E-state index contributed by atoms with van der Waals surface area (Å²) in [5, 5.41) is 4.63. The number of benzene rings is 2. The molecule has 1 saturated heterocycles. The molecular weight excluding hydrogens is 338 g/mol. The lowest BCUT2D eigenvalue weighted by atomic mass is 9.96. The van der Waals surface area contributed by atoms with Crippen molar-refractivity contribution in [2.24, 2.45) is 10.8 Å². The first-order valence-electron chi connectivity index (χ1n) is 9.31. The smallest absolute Gasteiger partial charge is 0.204 e. The predicted molar refractivity (Wildman–Crippen MR) is 110 cm³/mol. The van der Waals surface area contributed by atoms with Gasteiger partial charge in [-0.1, -0.05) is 36.4 Å². The van der Waals surface area contributed by atoms with E-state index in [0.29, 0.717) is 0 Å².